The highest BCUT2D eigenvalue weighted by Crippen LogP contribution is 2.27. The molecule has 5 nitrogen and oxygen atoms in total. The Morgan fingerprint density at radius 2 is 1.92 bits per heavy atom. The Morgan fingerprint density at radius 3 is 2.58 bits per heavy atom. The minimum absolute atomic E-state index is 0.0363. The first kappa shape index (κ1) is 20.0. The first-order chi connectivity index (χ1) is 12.0. The van der Waals surface area contributed by atoms with Gasteiger partial charge in [0.15, 0.2) is 0 Å². The fraction of sp³-hybridized carbons (Fsp3) is 0.316. The van der Waals surface area contributed by atoms with E-state index >= 15 is 0 Å². The lowest BCUT2D eigenvalue weighted by Crippen LogP contribution is -2.40. The zero-order valence-electron chi connectivity index (χ0n) is 14.8. The molecule has 0 fully saturated rings. The lowest BCUT2D eigenvalue weighted by molar-refractivity contribution is -0.117. The van der Waals surface area contributed by atoms with Gasteiger partial charge in [-0.2, -0.15) is 0 Å². The summed E-state index contributed by atoms with van der Waals surface area (Å²) in [6, 6.07) is 5.54. The van der Waals surface area contributed by atoms with Crippen LogP contribution in [-0.4, -0.2) is 27.3 Å². The van der Waals surface area contributed by atoms with E-state index in [4.69, 9.17) is 0 Å². The second-order valence-corrected chi connectivity index (χ2v) is 7.90. The quantitative estimate of drug-likeness (QED) is 0.771. The molecule has 7 heteroatoms. The molecule has 26 heavy (non-hydrogen) atoms. The minimum Gasteiger partial charge on any atom is -0.507 e. The van der Waals surface area contributed by atoms with E-state index in [1.807, 2.05) is 20.8 Å². The number of hydrogen-bond donors (Lipinski definition) is 2. The van der Waals surface area contributed by atoms with Gasteiger partial charge in [-0.05, 0) is 72.1 Å². The highest BCUT2D eigenvalue weighted by atomic mass is 79.9. The van der Waals surface area contributed by atoms with Gasteiger partial charge >= 0.3 is 0 Å². The van der Waals surface area contributed by atoms with Crippen LogP contribution in [0.2, 0.25) is 0 Å². The van der Waals surface area contributed by atoms with Crippen LogP contribution in [0.15, 0.2) is 34.9 Å². The number of rotatable bonds is 5. The number of nitrogens with one attached hydrogen (secondary N) is 1. The Morgan fingerprint density at radius 1 is 1.23 bits per heavy atom. The molecule has 0 saturated heterocycles. The van der Waals surface area contributed by atoms with Crippen LogP contribution in [0.1, 0.15) is 42.4 Å². The topological polar surface area (TPSA) is 79.3 Å². The second kappa shape index (κ2) is 7.95. The van der Waals surface area contributed by atoms with Crippen molar-refractivity contribution in [2.45, 2.75) is 39.2 Å². The summed E-state index contributed by atoms with van der Waals surface area (Å²) in [6.07, 6.45) is 1.35. The molecule has 0 unspecified atom stereocenters. The summed E-state index contributed by atoms with van der Waals surface area (Å²) in [5.74, 6) is -1.25. The van der Waals surface area contributed by atoms with E-state index < -0.39 is 11.4 Å². The summed E-state index contributed by atoms with van der Waals surface area (Å²) in [5.41, 5.74) is 0.560. The van der Waals surface area contributed by atoms with E-state index in [0.29, 0.717) is 5.56 Å². The summed E-state index contributed by atoms with van der Waals surface area (Å²) in [7, 11) is 0. The molecule has 0 aliphatic carbocycles. The molecule has 0 radical (unpaired) electrons. The van der Waals surface area contributed by atoms with Crippen LogP contribution in [0.4, 0.5) is 4.39 Å². The molecule has 2 N–H and O–H groups in total. The number of halogens is 2. The van der Waals surface area contributed by atoms with Crippen LogP contribution >= 0.6 is 15.9 Å². The van der Waals surface area contributed by atoms with Gasteiger partial charge in [0, 0.05) is 24.6 Å². The Kier molecular flexibility index (Phi) is 6.13. The van der Waals surface area contributed by atoms with Crippen molar-refractivity contribution in [2.24, 2.45) is 0 Å². The van der Waals surface area contributed by atoms with E-state index in [9.17, 15) is 19.1 Å². The third-order valence-electron chi connectivity index (χ3n) is 3.45. The van der Waals surface area contributed by atoms with Gasteiger partial charge in [0.2, 0.25) is 0 Å². The number of Topliss-reactive ketones (excluding diaryl/α,β-unsaturated/α-hetero) is 1. The summed E-state index contributed by atoms with van der Waals surface area (Å²) in [5, 5.41) is 12.4. The summed E-state index contributed by atoms with van der Waals surface area (Å²) in [6.45, 7) is 5.58. The fourth-order valence-corrected chi connectivity index (χ4v) is 2.65. The molecule has 1 amide bonds. The zero-order chi connectivity index (χ0) is 19.5. The van der Waals surface area contributed by atoms with Crippen LogP contribution in [-0.2, 0) is 17.6 Å². The van der Waals surface area contributed by atoms with Gasteiger partial charge in [-0.1, -0.05) is 0 Å². The van der Waals surface area contributed by atoms with Crippen molar-refractivity contribution in [3.63, 3.8) is 0 Å². The van der Waals surface area contributed by atoms with Gasteiger partial charge in [-0.15, -0.1) is 0 Å². The molecule has 1 heterocycles. The summed E-state index contributed by atoms with van der Waals surface area (Å²) in [4.78, 5) is 28.5. The normalized spacial score (nSPS) is 11.3. The number of phenolic OH excluding ortho intramolecular Hbond substituents is 1. The van der Waals surface area contributed by atoms with Crippen LogP contribution in [0, 0.1) is 5.82 Å². The molecule has 2 aromatic rings. The summed E-state index contributed by atoms with van der Waals surface area (Å²) >= 11 is 3.02. The van der Waals surface area contributed by atoms with Crippen LogP contribution in [0.3, 0.4) is 0 Å². The van der Waals surface area contributed by atoms with Crippen molar-refractivity contribution in [3.8, 4) is 5.75 Å². The Hall–Kier alpha value is -2.28. The van der Waals surface area contributed by atoms with Crippen molar-refractivity contribution < 1.29 is 19.1 Å². The largest absolute Gasteiger partial charge is 0.507 e. The van der Waals surface area contributed by atoms with Crippen molar-refractivity contribution in [3.05, 3.63) is 57.6 Å². The van der Waals surface area contributed by atoms with E-state index in [2.05, 4.69) is 26.2 Å². The van der Waals surface area contributed by atoms with E-state index in [1.165, 1.54) is 12.3 Å². The van der Waals surface area contributed by atoms with Crippen molar-refractivity contribution in [2.75, 3.05) is 0 Å². The second-order valence-electron chi connectivity index (χ2n) is 7.04. The van der Waals surface area contributed by atoms with Crippen LogP contribution in [0.5, 0.6) is 5.75 Å². The Labute approximate surface area is 159 Å². The number of nitrogens with zero attached hydrogens (tertiary/aromatic N) is 1. The van der Waals surface area contributed by atoms with Crippen molar-refractivity contribution in [1.82, 2.24) is 10.3 Å². The monoisotopic (exact) mass is 422 g/mol. The molecule has 138 valence electrons. The molecule has 0 aliphatic rings. The zero-order valence-corrected chi connectivity index (χ0v) is 16.4. The fourth-order valence-electron chi connectivity index (χ4n) is 2.33. The molecule has 0 bridgehead atoms. The molecular formula is C19H20BrFN2O3. The molecule has 2 rings (SSSR count). The molecule has 1 aromatic carbocycles. The number of aromatic nitrogens is 1. The van der Waals surface area contributed by atoms with Crippen LogP contribution in [0.25, 0.3) is 0 Å². The highest BCUT2D eigenvalue weighted by molar-refractivity contribution is 9.10. The van der Waals surface area contributed by atoms with E-state index in [-0.39, 0.29) is 46.0 Å². The number of pyridine rings is 1. The molecule has 0 aliphatic heterocycles. The molecule has 0 saturated carbocycles. The maximum atomic E-state index is 13.9. The van der Waals surface area contributed by atoms with Gasteiger partial charge in [0.05, 0.1) is 4.47 Å². The first-order valence-electron chi connectivity index (χ1n) is 8.01. The van der Waals surface area contributed by atoms with E-state index in [0.717, 1.165) is 6.07 Å². The van der Waals surface area contributed by atoms with E-state index in [1.54, 1.807) is 12.1 Å². The van der Waals surface area contributed by atoms with Gasteiger partial charge < -0.3 is 10.4 Å². The number of phenols is 1. The molecule has 0 atom stereocenters. The van der Waals surface area contributed by atoms with Crippen molar-refractivity contribution in [1.29, 1.82) is 0 Å². The molecular weight excluding hydrogens is 403 g/mol. The number of benzene rings is 1. The first-order valence-corrected chi connectivity index (χ1v) is 8.80. The number of amides is 1. The molecule has 1 aromatic heterocycles. The SMILES string of the molecule is CC(C)(C)NC(=O)c1cc(CC(=O)Cc2cc(O)c(Br)cc2F)ccn1. The predicted molar refractivity (Wildman–Crippen MR) is 99.6 cm³/mol. The number of carbonyl (C=O) groups is 2. The molecule has 0 spiro atoms. The third kappa shape index (κ3) is 5.62. The number of ketones is 1. The average molecular weight is 423 g/mol. The predicted octanol–water partition coefficient (Wildman–Crippen LogP) is 3.57. The van der Waals surface area contributed by atoms with Gasteiger partial charge in [-0.3, -0.25) is 14.6 Å². The maximum Gasteiger partial charge on any atom is 0.270 e. The average Bonchev–Trinajstić information content (AvgIpc) is 2.51. The Balaban J connectivity index is 2.09. The van der Waals surface area contributed by atoms with Gasteiger partial charge in [0.1, 0.15) is 23.0 Å². The van der Waals surface area contributed by atoms with Gasteiger partial charge in [0.25, 0.3) is 5.91 Å². The number of hydrogen-bond acceptors (Lipinski definition) is 4. The summed E-state index contributed by atoms with van der Waals surface area (Å²) < 4.78 is 14.1. The highest BCUT2D eigenvalue weighted by Gasteiger charge is 2.17. The number of aromatic hydroxyl groups is 1. The Bertz CT molecular complexity index is 847. The van der Waals surface area contributed by atoms with Crippen molar-refractivity contribution >= 4 is 27.6 Å². The number of carbonyl (C=O) groups excluding carboxylic acids is 2. The standard InChI is InChI=1S/C19H20BrFN2O3/c1-19(2,3)23-18(26)16-7-11(4-5-22-16)6-13(24)8-12-9-17(25)14(20)10-15(12)21/h4-5,7,9-10,25H,6,8H2,1-3H3,(H,23,26). The van der Waals surface area contributed by atoms with Gasteiger partial charge in [-0.25, -0.2) is 4.39 Å². The minimum atomic E-state index is -0.567. The smallest absolute Gasteiger partial charge is 0.270 e. The lowest BCUT2D eigenvalue weighted by Gasteiger charge is -2.20. The third-order valence-corrected chi connectivity index (χ3v) is 4.09. The lowest BCUT2D eigenvalue weighted by atomic mass is 10.0. The van der Waals surface area contributed by atoms with Crippen LogP contribution < -0.4 is 5.32 Å². The maximum absolute atomic E-state index is 13.9.